The Morgan fingerprint density at radius 1 is 1.33 bits per heavy atom. The molecule has 0 spiro atoms. The van der Waals surface area contributed by atoms with Crippen LogP contribution in [0, 0.1) is 19.8 Å². The van der Waals surface area contributed by atoms with E-state index in [0.29, 0.717) is 18.4 Å². The largest absolute Gasteiger partial charge is 0.401 e. The van der Waals surface area contributed by atoms with Crippen molar-refractivity contribution in [2.24, 2.45) is 11.7 Å². The lowest BCUT2D eigenvalue weighted by Crippen LogP contribution is -2.08. The quantitative estimate of drug-likeness (QED) is 0.826. The zero-order chi connectivity index (χ0) is 13.3. The first-order chi connectivity index (χ1) is 8.52. The Hall–Kier alpha value is -1.83. The highest BCUT2D eigenvalue weighted by Gasteiger charge is 2.31. The molecule has 0 saturated carbocycles. The van der Waals surface area contributed by atoms with Crippen molar-refractivity contribution < 1.29 is 4.79 Å². The predicted octanol–water partition coefficient (Wildman–Crippen LogP) is 3.14. The molecule has 1 aliphatic rings. The Balaban J connectivity index is 2.41. The van der Waals surface area contributed by atoms with Gasteiger partial charge in [0.05, 0.1) is 0 Å². The number of carbonyl (C=O) groups is 1. The van der Waals surface area contributed by atoms with Crippen LogP contribution in [0.3, 0.4) is 0 Å². The molecule has 0 heterocycles. The summed E-state index contributed by atoms with van der Waals surface area (Å²) in [5, 5.41) is 0. The number of aryl methyl sites for hydroxylation is 2. The summed E-state index contributed by atoms with van der Waals surface area (Å²) in [5.74, 6) is 0.149. The number of hydrogen-bond donors (Lipinski definition) is 1. The summed E-state index contributed by atoms with van der Waals surface area (Å²) in [7, 11) is 0. The topological polar surface area (TPSA) is 43.1 Å². The minimum Gasteiger partial charge on any atom is -0.401 e. The summed E-state index contributed by atoms with van der Waals surface area (Å²) >= 11 is 0. The maximum absolute atomic E-state index is 12.3. The van der Waals surface area contributed by atoms with E-state index in [4.69, 9.17) is 5.73 Å². The fraction of sp³-hybridized carbons (Fsp3) is 0.312. The van der Waals surface area contributed by atoms with E-state index in [0.717, 1.165) is 22.4 Å². The molecule has 1 aromatic carbocycles. The first-order valence-corrected chi connectivity index (χ1v) is 6.25. The minimum absolute atomic E-state index is 0.0154. The monoisotopic (exact) mass is 241 g/mol. The van der Waals surface area contributed by atoms with Crippen molar-refractivity contribution in [2.75, 3.05) is 0 Å². The number of carbonyl (C=O) groups excluding carboxylic acids is 1. The van der Waals surface area contributed by atoms with Gasteiger partial charge in [-0.25, -0.2) is 0 Å². The van der Waals surface area contributed by atoms with Gasteiger partial charge in [0.25, 0.3) is 0 Å². The molecule has 1 aliphatic carbocycles. The molecule has 1 aromatic rings. The molecule has 0 bridgehead atoms. The van der Waals surface area contributed by atoms with E-state index in [1.54, 1.807) is 6.08 Å². The summed E-state index contributed by atoms with van der Waals surface area (Å²) in [6.45, 7) is 7.77. The molecule has 0 amide bonds. The van der Waals surface area contributed by atoms with Crippen LogP contribution in [0.1, 0.15) is 29.5 Å². The minimum atomic E-state index is -0.0154. The van der Waals surface area contributed by atoms with Crippen LogP contribution in [-0.2, 0) is 4.79 Å². The van der Waals surface area contributed by atoms with Crippen LogP contribution in [0.2, 0.25) is 0 Å². The van der Waals surface area contributed by atoms with E-state index in [9.17, 15) is 4.79 Å². The molecular weight excluding hydrogens is 222 g/mol. The third-order valence-electron chi connectivity index (χ3n) is 3.37. The van der Waals surface area contributed by atoms with Crippen LogP contribution in [0.25, 0.3) is 5.57 Å². The lowest BCUT2D eigenvalue weighted by Gasteiger charge is -2.08. The van der Waals surface area contributed by atoms with Crippen molar-refractivity contribution in [3.05, 3.63) is 53.2 Å². The first kappa shape index (κ1) is 12.6. The average molecular weight is 241 g/mol. The molecule has 18 heavy (non-hydrogen) atoms. The Morgan fingerprint density at radius 3 is 2.50 bits per heavy atom. The van der Waals surface area contributed by atoms with Crippen molar-refractivity contribution in [1.82, 2.24) is 0 Å². The van der Waals surface area contributed by atoms with Crippen LogP contribution >= 0.6 is 0 Å². The van der Waals surface area contributed by atoms with Crippen molar-refractivity contribution >= 4 is 11.4 Å². The standard InChI is InChI=1S/C16H19NO/c1-4-5-12-9-14(17)15(16(12)18)13-7-10(2)6-11(3)8-13/h4,6-8,12H,1,5,9,17H2,2-3H3. The van der Waals surface area contributed by atoms with Crippen molar-refractivity contribution in [3.8, 4) is 0 Å². The third-order valence-corrected chi connectivity index (χ3v) is 3.37. The van der Waals surface area contributed by atoms with Gasteiger partial charge in [-0.15, -0.1) is 6.58 Å². The van der Waals surface area contributed by atoms with Gasteiger partial charge in [0.2, 0.25) is 0 Å². The van der Waals surface area contributed by atoms with E-state index < -0.39 is 0 Å². The van der Waals surface area contributed by atoms with Crippen molar-refractivity contribution in [2.45, 2.75) is 26.7 Å². The molecule has 94 valence electrons. The predicted molar refractivity (Wildman–Crippen MR) is 75.0 cm³/mol. The number of allylic oxidation sites excluding steroid dienone is 3. The van der Waals surface area contributed by atoms with Gasteiger partial charge in [-0.2, -0.15) is 0 Å². The number of Topliss-reactive ketones (excluding diaryl/α,β-unsaturated/α-hetero) is 1. The molecule has 2 nitrogen and oxygen atoms in total. The first-order valence-electron chi connectivity index (χ1n) is 6.25. The molecule has 2 heteroatoms. The summed E-state index contributed by atoms with van der Waals surface area (Å²) in [6.07, 6.45) is 3.15. The second-order valence-corrected chi connectivity index (χ2v) is 5.07. The van der Waals surface area contributed by atoms with Crippen LogP contribution in [0.15, 0.2) is 36.6 Å². The lowest BCUT2D eigenvalue weighted by atomic mass is 9.95. The number of nitrogens with two attached hydrogens (primary N) is 1. The maximum atomic E-state index is 12.3. The molecule has 2 N–H and O–H groups in total. The van der Waals surface area contributed by atoms with Gasteiger partial charge in [-0.05, 0) is 32.3 Å². The average Bonchev–Trinajstić information content (AvgIpc) is 2.53. The Labute approximate surface area is 108 Å². The lowest BCUT2D eigenvalue weighted by molar-refractivity contribution is -0.116. The molecule has 2 rings (SSSR count). The number of benzene rings is 1. The number of ketones is 1. The SMILES string of the molecule is C=CCC1CC(N)=C(c2cc(C)cc(C)c2)C1=O. The zero-order valence-corrected chi connectivity index (χ0v) is 11.0. The molecule has 1 unspecified atom stereocenters. The Kier molecular flexibility index (Phi) is 3.37. The Bertz CT molecular complexity index is 520. The summed E-state index contributed by atoms with van der Waals surface area (Å²) < 4.78 is 0. The van der Waals surface area contributed by atoms with Gasteiger partial charge in [-0.1, -0.05) is 35.4 Å². The normalized spacial score (nSPS) is 19.4. The highest BCUT2D eigenvalue weighted by atomic mass is 16.1. The van der Waals surface area contributed by atoms with Gasteiger partial charge >= 0.3 is 0 Å². The van der Waals surface area contributed by atoms with Gasteiger partial charge < -0.3 is 5.73 Å². The van der Waals surface area contributed by atoms with E-state index in [1.807, 2.05) is 26.0 Å². The summed E-state index contributed by atoms with van der Waals surface area (Å²) in [4.78, 5) is 12.3. The summed E-state index contributed by atoms with van der Waals surface area (Å²) in [5.41, 5.74) is 10.8. The fourth-order valence-corrected chi connectivity index (χ4v) is 2.66. The second-order valence-electron chi connectivity index (χ2n) is 5.07. The van der Waals surface area contributed by atoms with Gasteiger partial charge in [0, 0.05) is 17.2 Å². The van der Waals surface area contributed by atoms with Gasteiger partial charge in [0.15, 0.2) is 5.78 Å². The van der Waals surface area contributed by atoms with Gasteiger partial charge in [-0.3, -0.25) is 4.79 Å². The molecule has 0 aromatic heterocycles. The van der Waals surface area contributed by atoms with Gasteiger partial charge in [0.1, 0.15) is 0 Å². The molecule has 0 fully saturated rings. The molecule has 1 atom stereocenters. The van der Waals surface area contributed by atoms with Crippen LogP contribution in [0.5, 0.6) is 0 Å². The highest BCUT2D eigenvalue weighted by Crippen LogP contribution is 2.34. The zero-order valence-electron chi connectivity index (χ0n) is 11.0. The number of hydrogen-bond acceptors (Lipinski definition) is 2. The van der Waals surface area contributed by atoms with E-state index in [-0.39, 0.29) is 11.7 Å². The van der Waals surface area contributed by atoms with E-state index in [2.05, 4.69) is 12.6 Å². The molecular formula is C16H19NO. The van der Waals surface area contributed by atoms with Crippen molar-refractivity contribution in [3.63, 3.8) is 0 Å². The maximum Gasteiger partial charge on any atom is 0.168 e. The molecule has 0 radical (unpaired) electrons. The van der Waals surface area contributed by atoms with Crippen molar-refractivity contribution in [1.29, 1.82) is 0 Å². The van der Waals surface area contributed by atoms with E-state index >= 15 is 0 Å². The van der Waals surface area contributed by atoms with E-state index in [1.165, 1.54) is 0 Å². The summed E-state index contributed by atoms with van der Waals surface area (Å²) in [6, 6.07) is 6.16. The third kappa shape index (κ3) is 2.23. The number of rotatable bonds is 3. The van der Waals surface area contributed by atoms with Crippen LogP contribution in [-0.4, -0.2) is 5.78 Å². The smallest absolute Gasteiger partial charge is 0.168 e. The fourth-order valence-electron chi connectivity index (χ4n) is 2.66. The van der Waals surface area contributed by atoms with Crippen LogP contribution in [0.4, 0.5) is 0 Å². The highest BCUT2D eigenvalue weighted by molar-refractivity contribution is 6.24. The molecule has 0 saturated heterocycles. The van der Waals surface area contributed by atoms with Crippen LogP contribution < -0.4 is 5.73 Å². The Morgan fingerprint density at radius 2 is 1.94 bits per heavy atom. The molecule has 0 aliphatic heterocycles. The second kappa shape index (κ2) is 4.81.